The molecule has 1 aliphatic carbocycles. The van der Waals surface area contributed by atoms with E-state index in [4.69, 9.17) is 0 Å². The molecule has 0 spiro atoms. The van der Waals surface area contributed by atoms with Crippen LogP contribution in [0.5, 0.6) is 0 Å². The lowest BCUT2D eigenvalue weighted by atomic mass is 9.86. The molecule has 0 amide bonds. The highest BCUT2D eigenvalue weighted by molar-refractivity contribution is 4.88. The van der Waals surface area contributed by atoms with Gasteiger partial charge < -0.3 is 14.9 Å². The van der Waals surface area contributed by atoms with Crippen LogP contribution in [0.2, 0.25) is 0 Å². The Balaban J connectivity index is 1.79. The van der Waals surface area contributed by atoms with Crippen LogP contribution in [-0.2, 0) is 0 Å². The fraction of sp³-hybridized carbons (Fsp3) is 1.00. The van der Waals surface area contributed by atoms with E-state index in [1.807, 2.05) is 0 Å². The molecular weight excluding hydrogens is 238 g/mol. The first-order chi connectivity index (χ1) is 9.04. The number of likely N-dealkylation sites (N-methyl/N-ethyl adjacent to an activating group) is 1. The summed E-state index contributed by atoms with van der Waals surface area (Å²) in [4.78, 5) is 7.34. The summed E-state index contributed by atoms with van der Waals surface area (Å²) in [6.45, 7) is 6.01. The molecule has 0 aromatic rings. The molecule has 0 radical (unpaired) electrons. The largest absolute Gasteiger partial charge is 0.393 e. The van der Waals surface area contributed by atoms with Crippen LogP contribution in [0.1, 0.15) is 25.7 Å². The van der Waals surface area contributed by atoms with Gasteiger partial charge in [0.25, 0.3) is 0 Å². The molecular formula is C15H31N3O. The topological polar surface area (TPSA) is 30.0 Å². The molecule has 2 aliphatic rings. The summed E-state index contributed by atoms with van der Waals surface area (Å²) in [6.07, 6.45) is 4.61. The van der Waals surface area contributed by atoms with Crippen molar-refractivity contribution in [3.05, 3.63) is 0 Å². The molecule has 4 nitrogen and oxygen atoms in total. The Morgan fingerprint density at radius 1 is 1.11 bits per heavy atom. The van der Waals surface area contributed by atoms with Crippen molar-refractivity contribution in [1.82, 2.24) is 14.7 Å². The fourth-order valence-corrected chi connectivity index (χ4v) is 3.18. The van der Waals surface area contributed by atoms with Crippen molar-refractivity contribution in [2.24, 2.45) is 5.92 Å². The maximum Gasteiger partial charge on any atom is 0.0570 e. The third-order valence-corrected chi connectivity index (χ3v) is 4.77. The highest BCUT2D eigenvalue weighted by Crippen LogP contribution is 2.28. The minimum Gasteiger partial charge on any atom is -0.393 e. The molecule has 4 heteroatoms. The number of hydrogen-bond donors (Lipinski definition) is 1. The summed E-state index contributed by atoms with van der Waals surface area (Å²) >= 11 is 0. The van der Waals surface area contributed by atoms with Crippen molar-refractivity contribution in [1.29, 1.82) is 0 Å². The van der Waals surface area contributed by atoms with Gasteiger partial charge in [-0.2, -0.15) is 0 Å². The minimum atomic E-state index is -0.0376. The third kappa shape index (κ3) is 4.71. The molecule has 0 unspecified atom stereocenters. The van der Waals surface area contributed by atoms with Crippen LogP contribution >= 0.6 is 0 Å². The van der Waals surface area contributed by atoms with Crippen LogP contribution in [0.4, 0.5) is 0 Å². The van der Waals surface area contributed by atoms with Gasteiger partial charge >= 0.3 is 0 Å². The molecule has 1 heterocycles. The Morgan fingerprint density at radius 2 is 1.74 bits per heavy atom. The molecule has 19 heavy (non-hydrogen) atoms. The second-order valence-corrected chi connectivity index (χ2v) is 6.82. The number of rotatable bonds is 6. The molecule has 0 bridgehead atoms. The van der Waals surface area contributed by atoms with Gasteiger partial charge in [0.2, 0.25) is 0 Å². The number of likely N-dealkylation sites (tertiary alicyclic amines) is 1. The summed E-state index contributed by atoms with van der Waals surface area (Å²) in [5.41, 5.74) is 0. The SMILES string of the molecule is CN(C)CCN(CC1CCN(C)CC1)C1CC(O)C1. The lowest BCUT2D eigenvalue weighted by molar-refractivity contribution is -0.0100. The third-order valence-electron chi connectivity index (χ3n) is 4.77. The zero-order valence-corrected chi connectivity index (χ0v) is 12.9. The summed E-state index contributed by atoms with van der Waals surface area (Å²) in [6, 6.07) is 0.634. The molecule has 1 saturated heterocycles. The summed E-state index contributed by atoms with van der Waals surface area (Å²) in [5, 5.41) is 9.54. The maximum absolute atomic E-state index is 9.54. The maximum atomic E-state index is 9.54. The van der Waals surface area contributed by atoms with Crippen LogP contribution < -0.4 is 0 Å². The number of aliphatic hydroxyl groups is 1. The van der Waals surface area contributed by atoms with E-state index < -0.39 is 0 Å². The van der Waals surface area contributed by atoms with Crippen molar-refractivity contribution in [3.63, 3.8) is 0 Å². The van der Waals surface area contributed by atoms with Gasteiger partial charge in [0.1, 0.15) is 0 Å². The van der Waals surface area contributed by atoms with Crippen molar-refractivity contribution in [2.45, 2.75) is 37.8 Å². The van der Waals surface area contributed by atoms with Gasteiger partial charge in [-0.1, -0.05) is 0 Å². The molecule has 0 aromatic carbocycles. The van der Waals surface area contributed by atoms with E-state index >= 15 is 0 Å². The highest BCUT2D eigenvalue weighted by atomic mass is 16.3. The Morgan fingerprint density at radius 3 is 2.26 bits per heavy atom. The van der Waals surface area contributed by atoms with E-state index in [1.54, 1.807) is 0 Å². The van der Waals surface area contributed by atoms with Gasteiger partial charge in [0, 0.05) is 25.7 Å². The summed E-state index contributed by atoms with van der Waals surface area (Å²) in [7, 11) is 6.51. The van der Waals surface area contributed by atoms with Crippen LogP contribution in [-0.4, -0.2) is 85.8 Å². The van der Waals surface area contributed by atoms with Crippen molar-refractivity contribution < 1.29 is 5.11 Å². The lowest BCUT2D eigenvalue weighted by Crippen LogP contribution is -2.51. The first-order valence-corrected chi connectivity index (χ1v) is 7.80. The van der Waals surface area contributed by atoms with Crippen molar-refractivity contribution in [3.8, 4) is 0 Å². The van der Waals surface area contributed by atoms with Crippen LogP contribution in [0.25, 0.3) is 0 Å². The zero-order chi connectivity index (χ0) is 13.8. The van der Waals surface area contributed by atoms with E-state index in [2.05, 4.69) is 35.8 Å². The molecule has 1 N–H and O–H groups in total. The Labute approximate surface area is 118 Å². The van der Waals surface area contributed by atoms with Crippen LogP contribution in [0, 0.1) is 5.92 Å². The quantitative estimate of drug-likeness (QED) is 0.769. The Bertz CT molecular complexity index is 258. The van der Waals surface area contributed by atoms with Gasteiger partial charge in [-0.15, -0.1) is 0 Å². The highest BCUT2D eigenvalue weighted by Gasteiger charge is 2.33. The predicted molar refractivity (Wildman–Crippen MR) is 79.4 cm³/mol. The second kappa shape index (κ2) is 7.02. The van der Waals surface area contributed by atoms with Gasteiger partial charge in [-0.25, -0.2) is 0 Å². The molecule has 1 saturated carbocycles. The average molecular weight is 269 g/mol. The average Bonchev–Trinajstić information content (AvgIpc) is 2.33. The monoisotopic (exact) mass is 269 g/mol. The molecule has 1 aliphatic heterocycles. The van der Waals surface area contributed by atoms with Crippen LogP contribution in [0.15, 0.2) is 0 Å². The van der Waals surface area contributed by atoms with E-state index in [9.17, 15) is 5.11 Å². The minimum absolute atomic E-state index is 0.0376. The van der Waals surface area contributed by atoms with Crippen LogP contribution in [0.3, 0.4) is 0 Å². The number of nitrogens with zero attached hydrogens (tertiary/aromatic N) is 3. The molecule has 112 valence electrons. The first-order valence-electron chi connectivity index (χ1n) is 7.80. The Kier molecular flexibility index (Phi) is 5.63. The number of piperidine rings is 1. The lowest BCUT2D eigenvalue weighted by Gasteiger charge is -2.43. The Hall–Kier alpha value is -0.160. The van der Waals surface area contributed by atoms with Gasteiger partial charge in [0.15, 0.2) is 0 Å². The van der Waals surface area contributed by atoms with E-state index in [1.165, 1.54) is 32.5 Å². The van der Waals surface area contributed by atoms with Gasteiger partial charge in [0.05, 0.1) is 6.10 Å². The van der Waals surface area contributed by atoms with E-state index in [-0.39, 0.29) is 6.10 Å². The summed E-state index contributed by atoms with van der Waals surface area (Å²) < 4.78 is 0. The van der Waals surface area contributed by atoms with Gasteiger partial charge in [-0.05, 0) is 65.8 Å². The molecule has 2 fully saturated rings. The number of aliphatic hydroxyl groups excluding tert-OH is 1. The standard InChI is InChI=1S/C15H31N3O/c1-16(2)8-9-18(14-10-15(19)11-14)12-13-4-6-17(3)7-5-13/h13-15,19H,4-12H2,1-3H3. The molecule has 0 atom stereocenters. The predicted octanol–water partition coefficient (Wildman–Crippen LogP) is 0.715. The summed E-state index contributed by atoms with van der Waals surface area (Å²) in [5.74, 6) is 0.858. The van der Waals surface area contributed by atoms with Crippen molar-refractivity contribution in [2.75, 3.05) is 53.9 Å². The fourth-order valence-electron chi connectivity index (χ4n) is 3.18. The first kappa shape index (κ1) is 15.2. The van der Waals surface area contributed by atoms with E-state index in [0.717, 1.165) is 31.8 Å². The molecule has 0 aromatic heterocycles. The molecule has 2 rings (SSSR count). The van der Waals surface area contributed by atoms with Crippen molar-refractivity contribution >= 4 is 0 Å². The second-order valence-electron chi connectivity index (χ2n) is 6.82. The smallest absolute Gasteiger partial charge is 0.0570 e. The van der Waals surface area contributed by atoms with E-state index in [0.29, 0.717) is 6.04 Å². The normalized spacial score (nSPS) is 30.0. The zero-order valence-electron chi connectivity index (χ0n) is 12.9. The van der Waals surface area contributed by atoms with Gasteiger partial charge in [-0.3, -0.25) is 4.90 Å². The number of hydrogen-bond acceptors (Lipinski definition) is 4.